The second-order valence-corrected chi connectivity index (χ2v) is 9.06. The zero-order valence-corrected chi connectivity index (χ0v) is 18.8. The molecule has 1 N–H and O–H groups in total. The fraction of sp³-hybridized carbons (Fsp3) is 0.0417. The van der Waals surface area contributed by atoms with E-state index >= 15 is 0 Å². The van der Waals surface area contributed by atoms with Crippen LogP contribution in [0.2, 0.25) is 10.0 Å². The summed E-state index contributed by atoms with van der Waals surface area (Å²) in [6.45, 7) is 0.581. The largest absolute Gasteiger partial charge is 0.319 e. The van der Waals surface area contributed by atoms with Gasteiger partial charge >= 0.3 is 0 Å². The highest BCUT2D eigenvalue weighted by molar-refractivity contribution is 8.18. The van der Waals surface area contributed by atoms with E-state index in [2.05, 4.69) is 9.88 Å². The molecule has 8 heteroatoms. The van der Waals surface area contributed by atoms with E-state index in [0.29, 0.717) is 21.5 Å². The van der Waals surface area contributed by atoms with Gasteiger partial charge in [0.1, 0.15) is 5.82 Å². The van der Waals surface area contributed by atoms with Crippen molar-refractivity contribution >= 4 is 63.2 Å². The molecule has 0 atom stereocenters. The molecule has 2 amide bonds. The lowest BCUT2D eigenvalue weighted by Gasteiger charge is -2.11. The van der Waals surface area contributed by atoms with Crippen molar-refractivity contribution in [1.29, 1.82) is 0 Å². The zero-order chi connectivity index (χ0) is 22.2. The molecule has 1 aliphatic rings. The van der Waals surface area contributed by atoms with Gasteiger partial charge in [-0.25, -0.2) is 4.98 Å². The number of carbonyl (C=O) groups excluding carboxylic acids is 2. The Bertz CT molecular complexity index is 1410. The van der Waals surface area contributed by atoms with Crippen LogP contribution in [0.4, 0.5) is 4.79 Å². The first kappa shape index (κ1) is 20.8. The number of hydrogen-bond donors (Lipinski definition) is 1. The summed E-state index contributed by atoms with van der Waals surface area (Å²) in [5.74, 6) is 0.451. The average molecular weight is 480 g/mol. The molecule has 1 saturated heterocycles. The lowest BCUT2D eigenvalue weighted by atomic mass is 10.1. The van der Waals surface area contributed by atoms with E-state index in [9.17, 15) is 9.59 Å². The Labute approximate surface area is 198 Å². The van der Waals surface area contributed by atoms with Crippen molar-refractivity contribution in [2.75, 3.05) is 0 Å². The maximum absolute atomic E-state index is 11.8. The first-order valence-electron chi connectivity index (χ1n) is 9.72. The van der Waals surface area contributed by atoms with Gasteiger partial charge in [0.25, 0.3) is 11.1 Å². The average Bonchev–Trinajstić information content (AvgIpc) is 3.30. The molecule has 1 aliphatic heterocycles. The first-order chi connectivity index (χ1) is 15.5. The fourth-order valence-electron chi connectivity index (χ4n) is 3.58. The Kier molecular flexibility index (Phi) is 5.51. The normalized spacial score (nSPS) is 15.0. The molecule has 2 heterocycles. The van der Waals surface area contributed by atoms with E-state index in [1.54, 1.807) is 12.1 Å². The Hall–Kier alpha value is -3.06. The number of nitrogens with one attached hydrogen (secondary N) is 1. The summed E-state index contributed by atoms with van der Waals surface area (Å²) in [6, 6.07) is 21.3. The second-order valence-electron chi connectivity index (χ2n) is 7.23. The quantitative estimate of drug-likeness (QED) is 0.344. The molecule has 5 rings (SSSR count). The third-order valence-corrected chi connectivity index (χ3v) is 6.64. The predicted molar refractivity (Wildman–Crippen MR) is 130 cm³/mol. The number of imide groups is 1. The molecule has 0 radical (unpaired) electrons. The van der Waals surface area contributed by atoms with Crippen LogP contribution in [-0.4, -0.2) is 20.7 Å². The summed E-state index contributed by atoms with van der Waals surface area (Å²) in [5, 5.41) is 2.94. The molecule has 32 heavy (non-hydrogen) atoms. The molecule has 0 bridgehead atoms. The minimum Gasteiger partial charge on any atom is -0.319 e. The van der Waals surface area contributed by atoms with Crippen molar-refractivity contribution < 1.29 is 9.59 Å². The summed E-state index contributed by atoms with van der Waals surface area (Å²) in [7, 11) is 0. The van der Waals surface area contributed by atoms with E-state index < -0.39 is 0 Å². The minimum atomic E-state index is -0.368. The molecule has 0 unspecified atom stereocenters. The molecule has 1 fully saturated rings. The van der Waals surface area contributed by atoms with Crippen LogP contribution in [0.3, 0.4) is 0 Å². The number of aromatic nitrogens is 2. The molecule has 0 spiro atoms. The van der Waals surface area contributed by atoms with Gasteiger partial charge in [-0.1, -0.05) is 65.7 Å². The number of hydrogen-bond acceptors (Lipinski definition) is 4. The molecular weight excluding hydrogens is 465 g/mol. The van der Waals surface area contributed by atoms with Crippen LogP contribution in [0, 0.1) is 0 Å². The third kappa shape index (κ3) is 4.05. The summed E-state index contributed by atoms with van der Waals surface area (Å²) >= 11 is 13.2. The number of benzene rings is 3. The topological polar surface area (TPSA) is 64.0 Å². The zero-order valence-electron chi connectivity index (χ0n) is 16.5. The van der Waals surface area contributed by atoms with Gasteiger partial charge in [-0.3, -0.25) is 14.9 Å². The Balaban J connectivity index is 1.53. The highest BCUT2D eigenvalue weighted by atomic mass is 35.5. The van der Waals surface area contributed by atoms with Gasteiger partial charge in [0, 0.05) is 12.1 Å². The summed E-state index contributed by atoms with van der Waals surface area (Å²) in [5.41, 5.74) is 4.68. The predicted octanol–water partition coefficient (Wildman–Crippen LogP) is 6.38. The molecule has 0 saturated carbocycles. The van der Waals surface area contributed by atoms with Gasteiger partial charge in [-0.15, -0.1) is 0 Å². The van der Waals surface area contributed by atoms with Crippen LogP contribution >= 0.6 is 35.0 Å². The summed E-state index contributed by atoms with van der Waals surface area (Å²) in [4.78, 5) is 28.4. The van der Waals surface area contributed by atoms with Crippen LogP contribution in [0.1, 0.15) is 11.1 Å². The maximum Gasteiger partial charge on any atom is 0.290 e. The Morgan fingerprint density at radius 1 is 0.969 bits per heavy atom. The molecule has 5 nitrogen and oxygen atoms in total. The number of nitrogens with zero attached hydrogens (tertiary/aromatic N) is 2. The molecular formula is C24H15Cl2N3O2S. The van der Waals surface area contributed by atoms with Gasteiger partial charge in [-0.05, 0) is 53.2 Å². The molecule has 158 valence electrons. The van der Waals surface area contributed by atoms with Gasteiger partial charge < -0.3 is 4.57 Å². The number of imidazole rings is 1. The lowest BCUT2D eigenvalue weighted by Crippen LogP contribution is -2.17. The van der Waals surface area contributed by atoms with Crippen molar-refractivity contribution in [3.05, 3.63) is 92.8 Å². The smallest absolute Gasteiger partial charge is 0.290 e. The number of para-hydroxylation sites is 2. The van der Waals surface area contributed by atoms with E-state index in [0.717, 1.165) is 45.3 Å². The lowest BCUT2D eigenvalue weighted by molar-refractivity contribution is -0.115. The van der Waals surface area contributed by atoms with Gasteiger partial charge in [0.2, 0.25) is 0 Å². The first-order valence-corrected chi connectivity index (χ1v) is 11.3. The van der Waals surface area contributed by atoms with E-state index in [4.69, 9.17) is 28.2 Å². The molecule has 4 aromatic rings. The highest BCUT2D eigenvalue weighted by Crippen LogP contribution is 2.30. The number of carbonyl (C=O) groups is 2. The highest BCUT2D eigenvalue weighted by Gasteiger charge is 2.24. The number of rotatable bonds is 4. The number of thioether (sulfide) groups is 1. The van der Waals surface area contributed by atoms with Gasteiger partial charge in [0.15, 0.2) is 0 Å². The van der Waals surface area contributed by atoms with Crippen molar-refractivity contribution in [3.8, 4) is 11.4 Å². The maximum atomic E-state index is 11.8. The van der Waals surface area contributed by atoms with E-state index in [1.165, 1.54) is 0 Å². The number of fused-ring (bicyclic) bond motifs is 1. The monoisotopic (exact) mass is 479 g/mol. The number of amides is 2. The molecule has 0 aliphatic carbocycles. The third-order valence-electron chi connectivity index (χ3n) is 5.09. The van der Waals surface area contributed by atoms with Crippen molar-refractivity contribution in [2.45, 2.75) is 6.54 Å². The standard InChI is InChI=1S/C24H15Cl2N3O2S/c25-17-10-7-15(11-18(17)26)13-29-20-4-2-1-3-19(20)27-22(29)16-8-5-14(6-9-16)12-21-23(30)28-24(31)32-21/h1-12H,13H2,(H,28,30,31)/b21-12-. The van der Waals surface area contributed by atoms with Crippen molar-refractivity contribution in [1.82, 2.24) is 14.9 Å². The Morgan fingerprint density at radius 2 is 1.75 bits per heavy atom. The Morgan fingerprint density at radius 3 is 2.47 bits per heavy atom. The van der Waals surface area contributed by atoms with E-state index in [1.807, 2.05) is 60.7 Å². The minimum absolute atomic E-state index is 0.353. The van der Waals surface area contributed by atoms with Crippen molar-refractivity contribution in [2.24, 2.45) is 0 Å². The fourth-order valence-corrected chi connectivity index (χ4v) is 4.58. The summed E-state index contributed by atoms with van der Waals surface area (Å²) < 4.78 is 2.14. The van der Waals surface area contributed by atoms with Crippen LogP contribution in [0.25, 0.3) is 28.5 Å². The molecule has 1 aromatic heterocycles. The van der Waals surface area contributed by atoms with Crippen LogP contribution in [0.15, 0.2) is 71.6 Å². The van der Waals surface area contributed by atoms with Crippen LogP contribution in [0.5, 0.6) is 0 Å². The SMILES string of the molecule is O=C1NC(=O)/C(=C/c2ccc(-c3nc4ccccc4n3Cc3ccc(Cl)c(Cl)c3)cc2)S1. The van der Waals surface area contributed by atoms with E-state index in [-0.39, 0.29) is 11.1 Å². The van der Waals surface area contributed by atoms with Gasteiger partial charge in [-0.2, -0.15) is 0 Å². The summed E-state index contributed by atoms with van der Waals surface area (Å²) in [6.07, 6.45) is 1.70. The molecule has 3 aromatic carbocycles. The second kappa shape index (κ2) is 8.47. The van der Waals surface area contributed by atoms with Gasteiger partial charge in [0.05, 0.1) is 26.0 Å². The van der Waals surface area contributed by atoms with Crippen LogP contribution in [-0.2, 0) is 11.3 Å². The van der Waals surface area contributed by atoms with Crippen LogP contribution < -0.4 is 5.32 Å². The van der Waals surface area contributed by atoms with Crippen molar-refractivity contribution in [3.63, 3.8) is 0 Å². The number of halogens is 2.